The lowest BCUT2D eigenvalue weighted by atomic mass is 9.82. The molecule has 0 bridgehead atoms. The van der Waals surface area contributed by atoms with E-state index in [1.54, 1.807) is 0 Å². The van der Waals surface area contributed by atoms with Gasteiger partial charge < -0.3 is 10.6 Å². The van der Waals surface area contributed by atoms with Gasteiger partial charge in [0, 0.05) is 6.04 Å². The van der Waals surface area contributed by atoms with Crippen molar-refractivity contribution in [2.24, 2.45) is 16.6 Å². The van der Waals surface area contributed by atoms with Gasteiger partial charge in [-0.3, -0.25) is 0 Å². The summed E-state index contributed by atoms with van der Waals surface area (Å²) >= 11 is 0. The van der Waals surface area contributed by atoms with E-state index in [2.05, 4.69) is 39.5 Å². The first-order chi connectivity index (χ1) is 7.21. The van der Waals surface area contributed by atoms with Crippen molar-refractivity contribution in [2.45, 2.75) is 59.9 Å². The van der Waals surface area contributed by atoms with Crippen LogP contribution in [-0.2, 0) is 0 Å². The molecule has 1 atom stereocenters. The van der Waals surface area contributed by atoms with Crippen molar-refractivity contribution in [3.8, 4) is 0 Å². The average molecular weight is 226 g/mol. The molecule has 1 fully saturated rings. The number of rotatable bonds is 3. The van der Waals surface area contributed by atoms with Gasteiger partial charge in [-0.2, -0.15) is 0 Å². The molecule has 1 aliphatic heterocycles. The average Bonchev–Trinajstić information content (AvgIpc) is 2.14. The van der Waals surface area contributed by atoms with Crippen LogP contribution < -0.4 is 5.73 Å². The third-order valence-electron chi connectivity index (χ3n) is 4.08. The molecule has 1 saturated heterocycles. The third kappa shape index (κ3) is 4.42. The Labute approximate surface area is 102 Å². The smallest absolute Gasteiger partial charge is 0.00998 e. The maximum atomic E-state index is 6.19. The molecular formula is C14H30N2. The van der Waals surface area contributed by atoms with Gasteiger partial charge in [0.25, 0.3) is 0 Å². The molecule has 0 aromatic rings. The highest BCUT2D eigenvalue weighted by Gasteiger charge is 2.26. The molecular weight excluding hydrogens is 196 g/mol. The fourth-order valence-corrected chi connectivity index (χ4v) is 2.14. The van der Waals surface area contributed by atoms with Crippen LogP contribution in [0.25, 0.3) is 0 Å². The minimum atomic E-state index is 0.245. The lowest BCUT2D eigenvalue weighted by Gasteiger charge is -2.38. The van der Waals surface area contributed by atoms with Crippen LogP contribution in [0, 0.1) is 10.8 Å². The normalized spacial score (nSPS) is 24.4. The standard InChI is InChI=1S/C14H30N2/c1-13(2,3)12(15)6-9-16-10-7-14(4,5)8-11-16/h12H,6-11,15H2,1-5H3. The molecule has 1 rings (SSSR count). The van der Waals surface area contributed by atoms with Gasteiger partial charge in [-0.25, -0.2) is 0 Å². The first kappa shape index (κ1) is 14.0. The van der Waals surface area contributed by atoms with Gasteiger partial charge in [-0.15, -0.1) is 0 Å². The summed E-state index contributed by atoms with van der Waals surface area (Å²) in [5.74, 6) is 0. The molecule has 1 heterocycles. The Morgan fingerprint density at radius 3 is 2.12 bits per heavy atom. The SMILES string of the molecule is CC1(C)CCN(CCC(N)C(C)(C)C)CC1. The van der Waals surface area contributed by atoms with Crippen molar-refractivity contribution in [2.75, 3.05) is 19.6 Å². The number of piperidine rings is 1. The van der Waals surface area contributed by atoms with Gasteiger partial charge in [0.2, 0.25) is 0 Å². The van der Waals surface area contributed by atoms with Crippen LogP contribution in [0.15, 0.2) is 0 Å². The molecule has 2 N–H and O–H groups in total. The number of hydrogen-bond acceptors (Lipinski definition) is 2. The zero-order valence-corrected chi connectivity index (χ0v) is 11.8. The van der Waals surface area contributed by atoms with Gasteiger partial charge in [-0.05, 0) is 49.7 Å². The maximum Gasteiger partial charge on any atom is 0.00998 e. The van der Waals surface area contributed by atoms with Gasteiger partial charge in [-0.1, -0.05) is 34.6 Å². The van der Waals surface area contributed by atoms with E-state index < -0.39 is 0 Å². The van der Waals surface area contributed by atoms with Crippen LogP contribution >= 0.6 is 0 Å². The highest BCUT2D eigenvalue weighted by Crippen LogP contribution is 2.30. The highest BCUT2D eigenvalue weighted by atomic mass is 15.1. The molecule has 0 aromatic heterocycles. The molecule has 1 aliphatic rings. The Morgan fingerprint density at radius 2 is 1.69 bits per heavy atom. The summed E-state index contributed by atoms with van der Waals surface area (Å²) in [5, 5.41) is 0. The van der Waals surface area contributed by atoms with E-state index in [4.69, 9.17) is 5.73 Å². The Hall–Kier alpha value is -0.0800. The molecule has 0 radical (unpaired) electrons. The molecule has 0 amide bonds. The molecule has 2 nitrogen and oxygen atoms in total. The van der Waals surface area contributed by atoms with Crippen LogP contribution in [0.1, 0.15) is 53.9 Å². The molecule has 16 heavy (non-hydrogen) atoms. The van der Waals surface area contributed by atoms with E-state index in [0.717, 1.165) is 6.42 Å². The first-order valence-electron chi connectivity index (χ1n) is 6.69. The summed E-state index contributed by atoms with van der Waals surface area (Å²) in [4.78, 5) is 2.58. The number of nitrogens with two attached hydrogens (primary N) is 1. The predicted molar refractivity (Wildman–Crippen MR) is 71.5 cm³/mol. The summed E-state index contributed by atoms with van der Waals surface area (Å²) < 4.78 is 0. The summed E-state index contributed by atoms with van der Waals surface area (Å²) in [7, 11) is 0. The monoisotopic (exact) mass is 226 g/mol. The van der Waals surface area contributed by atoms with Gasteiger partial charge in [0.05, 0.1) is 0 Å². The topological polar surface area (TPSA) is 29.3 Å². The van der Waals surface area contributed by atoms with Crippen molar-refractivity contribution < 1.29 is 0 Å². The molecule has 0 saturated carbocycles. The summed E-state index contributed by atoms with van der Waals surface area (Å²) in [6.45, 7) is 15.1. The van der Waals surface area contributed by atoms with Crippen LogP contribution in [0.5, 0.6) is 0 Å². The molecule has 96 valence electrons. The molecule has 0 aromatic carbocycles. The van der Waals surface area contributed by atoms with Crippen molar-refractivity contribution >= 4 is 0 Å². The number of nitrogens with zero attached hydrogens (tertiary/aromatic N) is 1. The second-order valence-electron chi connectivity index (χ2n) is 7.27. The van der Waals surface area contributed by atoms with E-state index >= 15 is 0 Å². The third-order valence-corrected chi connectivity index (χ3v) is 4.08. The first-order valence-corrected chi connectivity index (χ1v) is 6.69. The van der Waals surface area contributed by atoms with E-state index in [1.807, 2.05) is 0 Å². The van der Waals surface area contributed by atoms with Crippen LogP contribution in [0.2, 0.25) is 0 Å². The van der Waals surface area contributed by atoms with E-state index in [1.165, 1.54) is 32.5 Å². The van der Waals surface area contributed by atoms with Crippen molar-refractivity contribution in [1.29, 1.82) is 0 Å². The van der Waals surface area contributed by atoms with Gasteiger partial charge in [0.1, 0.15) is 0 Å². The summed E-state index contributed by atoms with van der Waals surface area (Å²) in [6, 6.07) is 0.322. The Bertz CT molecular complexity index is 205. The van der Waals surface area contributed by atoms with Crippen LogP contribution in [-0.4, -0.2) is 30.6 Å². The molecule has 0 spiro atoms. The Balaban J connectivity index is 2.25. The molecule has 1 unspecified atom stereocenters. The maximum absolute atomic E-state index is 6.19. The lowest BCUT2D eigenvalue weighted by molar-refractivity contribution is 0.124. The van der Waals surface area contributed by atoms with Gasteiger partial charge in [0.15, 0.2) is 0 Å². The number of hydrogen-bond donors (Lipinski definition) is 1. The van der Waals surface area contributed by atoms with Crippen LogP contribution in [0.4, 0.5) is 0 Å². The Morgan fingerprint density at radius 1 is 1.19 bits per heavy atom. The van der Waals surface area contributed by atoms with E-state index in [9.17, 15) is 0 Å². The predicted octanol–water partition coefficient (Wildman–Crippen LogP) is 2.87. The van der Waals surface area contributed by atoms with E-state index in [0.29, 0.717) is 11.5 Å². The van der Waals surface area contributed by atoms with Crippen LogP contribution in [0.3, 0.4) is 0 Å². The van der Waals surface area contributed by atoms with Gasteiger partial charge >= 0.3 is 0 Å². The zero-order chi connectivity index (χ0) is 12.4. The van der Waals surface area contributed by atoms with Crippen molar-refractivity contribution in [3.63, 3.8) is 0 Å². The quantitative estimate of drug-likeness (QED) is 0.802. The summed E-state index contributed by atoms with van der Waals surface area (Å²) in [6.07, 6.45) is 3.79. The van der Waals surface area contributed by atoms with Crippen molar-refractivity contribution in [1.82, 2.24) is 4.90 Å². The second-order valence-corrected chi connectivity index (χ2v) is 7.27. The highest BCUT2D eigenvalue weighted by molar-refractivity contribution is 4.81. The number of likely N-dealkylation sites (tertiary alicyclic amines) is 1. The largest absolute Gasteiger partial charge is 0.327 e. The molecule has 0 aliphatic carbocycles. The second kappa shape index (κ2) is 5.05. The minimum Gasteiger partial charge on any atom is -0.327 e. The summed E-state index contributed by atoms with van der Waals surface area (Å²) in [5.41, 5.74) is 7.00. The molecule has 2 heteroatoms. The fourth-order valence-electron chi connectivity index (χ4n) is 2.14. The lowest BCUT2D eigenvalue weighted by Crippen LogP contribution is -2.42. The zero-order valence-electron chi connectivity index (χ0n) is 11.8. The van der Waals surface area contributed by atoms with E-state index in [-0.39, 0.29) is 5.41 Å². The minimum absolute atomic E-state index is 0.245. The fraction of sp³-hybridized carbons (Fsp3) is 1.00. The van der Waals surface area contributed by atoms with Crippen molar-refractivity contribution in [3.05, 3.63) is 0 Å². The Kier molecular flexibility index (Phi) is 4.42.